The van der Waals surface area contributed by atoms with Crippen LogP contribution in [0.15, 0.2) is 41.3 Å². The highest BCUT2D eigenvalue weighted by atomic mass is 35.5. The summed E-state index contributed by atoms with van der Waals surface area (Å²) >= 11 is 7.50. The number of carbonyl (C=O) groups excluding carboxylic acids is 1. The topological polar surface area (TPSA) is 78.2 Å². The van der Waals surface area contributed by atoms with Gasteiger partial charge in [0.25, 0.3) is 11.5 Å². The van der Waals surface area contributed by atoms with Gasteiger partial charge in [0.05, 0.1) is 28.5 Å². The van der Waals surface area contributed by atoms with Crippen molar-refractivity contribution in [3.05, 3.63) is 56.1 Å². The summed E-state index contributed by atoms with van der Waals surface area (Å²) < 4.78 is 9.16. The quantitative estimate of drug-likeness (QED) is 0.640. The lowest BCUT2D eigenvalue weighted by molar-refractivity contribution is 0.00207. The third kappa shape index (κ3) is 4.08. The molecule has 3 aromatic rings. The van der Waals surface area contributed by atoms with Crippen LogP contribution in [0.4, 0.5) is 5.82 Å². The van der Waals surface area contributed by atoms with Crippen molar-refractivity contribution in [3.63, 3.8) is 0 Å². The van der Waals surface area contributed by atoms with Gasteiger partial charge in [0, 0.05) is 30.8 Å². The van der Waals surface area contributed by atoms with E-state index in [4.69, 9.17) is 16.3 Å². The fourth-order valence-electron chi connectivity index (χ4n) is 3.57. The fourth-order valence-corrected chi connectivity index (χ4v) is 4.60. The summed E-state index contributed by atoms with van der Waals surface area (Å²) in [5.41, 5.74) is 0.0695. The molecule has 0 saturated carbocycles. The maximum absolute atomic E-state index is 13.4. The second kappa shape index (κ2) is 8.37. The van der Waals surface area contributed by atoms with E-state index >= 15 is 0 Å². The fraction of sp³-hybridized carbons (Fsp3) is 0.381. The molecule has 0 bridgehead atoms. The number of anilines is 1. The van der Waals surface area contributed by atoms with Crippen molar-refractivity contribution < 1.29 is 9.53 Å². The molecule has 0 spiro atoms. The average molecular weight is 447 g/mol. The maximum atomic E-state index is 13.4. The molecule has 0 amide bonds. The molecule has 0 aliphatic carbocycles. The van der Waals surface area contributed by atoms with Crippen LogP contribution in [0.25, 0.3) is 11.3 Å². The van der Waals surface area contributed by atoms with Crippen LogP contribution < -0.4 is 10.9 Å². The molecule has 4 heterocycles. The van der Waals surface area contributed by atoms with Gasteiger partial charge in [-0.3, -0.25) is 9.59 Å². The van der Waals surface area contributed by atoms with Gasteiger partial charge < -0.3 is 14.6 Å². The van der Waals surface area contributed by atoms with Gasteiger partial charge in [0.2, 0.25) is 0 Å². The number of hydrogen-bond donors (Lipinski definition) is 1. The van der Waals surface area contributed by atoms with Gasteiger partial charge in [0.15, 0.2) is 0 Å². The van der Waals surface area contributed by atoms with Crippen LogP contribution in [0.3, 0.4) is 0 Å². The molecule has 9 heteroatoms. The highest BCUT2D eigenvalue weighted by molar-refractivity contribution is 7.16. The Morgan fingerprint density at radius 1 is 1.40 bits per heavy atom. The van der Waals surface area contributed by atoms with Crippen LogP contribution in [0.2, 0.25) is 4.34 Å². The molecule has 158 valence electrons. The van der Waals surface area contributed by atoms with Crippen molar-refractivity contribution in [1.29, 1.82) is 0 Å². The number of halogens is 1. The minimum Gasteiger partial charge on any atom is -0.380 e. The van der Waals surface area contributed by atoms with E-state index in [1.54, 1.807) is 31.4 Å². The van der Waals surface area contributed by atoms with Crippen molar-refractivity contribution in [2.45, 2.75) is 26.3 Å². The summed E-state index contributed by atoms with van der Waals surface area (Å²) in [6, 6.07) is 9.02. The Kier molecular flexibility index (Phi) is 5.81. The largest absolute Gasteiger partial charge is 0.380 e. The lowest BCUT2D eigenvalue weighted by Gasteiger charge is -2.31. The number of thiophene rings is 1. The zero-order valence-corrected chi connectivity index (χ0v) is 18.4. The van der Waals surface area contributed by atoms with E-state index in [-0.39, 0.29) is 11.5 Å². The Morgan fingerprint density at radius 3 is 2.93 bits per heavy atom. The average Bonchev–Trinajstić information content (AvgIpc) is 3.34. The lowest BCUT2D eigenvalue weighted by atomic mass is 9.84. The van der Waals surface area contributed by atoms with E-state index in [2.05, 4.69) is 10.4 Å². The van der Waals surface area contributed by atoms with Gasteiger partial charge in [-0.05, 0) is 44.0 Å². The standard InChI is InChI=1S/C21H23ClN4O3S/c1-21(8-4-10-29-13-21)20(28)26-18(23-12-14-6-7-17(22)30-14)11-16(24-26)15-5-3-9-25(2)19(15)27/h3,5-7,9,11,23H,4,8,10,12-13H2,1-2H3. The Balaban J connectivity index is 1.72. The van der Waals surface area contributed by atoms with Crippen LogP contribution in [-0.4, -0.2) is 33.5 Å². The molecular formula is C21H23ClN4O3S. The van der Waals surface area contributed by atoms with Crippen molar-refractivity contribution in [3.8, 4) is 11.3 Å². The van der Waals surface area contributed by atoms with Crippen molar-refractivity contribution in [1.82, 2.24) is 14.3 Å². The number of pyridine rings is 1. The number of carbonyl (C=O) groups is 1. The van der Waals surface area contributed by atoms with Crippen molar-refractivity contribution in [2.24, 2.45) is 12.5 Å². The molecule has 4 rings (SSSR count). The van der Waals surface area contributed by atoms with E-state index in [0.29, 0.717) is 41.2 Å². The SMILES string of the molecule is Cn1cccc(-c2cc(NCc3ccc(Cl)s3)n(C(=O)C3(C)CCCOC3)n2)c1=O. The maximum Gasteiger partial charge on any atom is 0.259 e. The number of aromatic nitrogens is 3. The first kappa shape index (κ1) is 20.8. The Hall–Kier alpha value is -2.42. The number of nitrogens with one attached hydrogen (secondary N) is 1. The summed E-state index contributed by atoms with van der Waals surface area (Å²) in [5, 5.41) is 7.82. The summed E-state index contributed by atoms with van der Waals surface area (Å²) in [4.78, 5) is 27.0. The molecule has 1 N–H and O–H groups in total. The molecule has 1 aliphatic rings. The monoisotopic (exact) mass is 446 g/mol. The van der Waals surface area contributed by atoms with Crippen LogP contribution in [-0.2, 0) is 18.3 Å². The van der Waals surface area contributed by atoms with Gasteiger partial charge in [-0.2, -0.15) is 9.78 Å². The highest BCUT2D eigenvalue weighted by Crippen LogP contribution is 2.32. The minimum absolute atomic E-state index is 0.145. The Bertz CT molecular complexity index is 1130. The molecule has 3 aromatic heterocycles. The molecule has 1 fully saturated rings. The summed E-state index contributed by atoms with van der Waals surface area (Å²) in [7, 11) is 1.69. The van der Waals surface area contributed by atoms with Crippen molar-refractivity contribution >= 4 is 34.7 Å². The zero-order chi connectivity index (χ0) is 21.3. The predicted octanol–water partition coefficient (Wildman–Crippen LogP) is 4.03. The van der Waals surface area contributed by atoms with Gasteiger partial charge in [-0.25, -0.2) is 0 Å². The number of rotatable bonds is 5. The second-order valence-electron chi connectivity index (χ2n) is 7.75. The smallest absolute Gasteiger partial charge is 0.259 e. The van der Waals surface area contributed by atoms with Crippen LogP contribution in [0.1, 0.15) is 29.4 Å². The molecule has 1 unspecified atom stereocenters. The molecule has 30 heavy (non-hydrogen) atoms. The van der Waals surface area contributed by atoms with E-state index in [1.807, 2.05) is 19.1 Å². The summed E-state index contributed by atoms with van der Waals surface area (Å²) in [6.45, 7) is 3.42. The molecule has 1 aliphatic heterocycles. The van der Waals surface area contributed by atoms with Gasteiger partial charge in [-0.1, -0.05) is 11.6 Å². The van der Waals surface area contributed by atoms with E-state index in [9.17, 15) is 9.59 Å². The van der Waals surface area contributed by atoms with Gasteiger partial charge in [-0.15, -0.1) is 11.3 Å². The molecular weight excluding hydrogens is 424 g/mol. The zero-order valence-electron chi connectivity index (χ0n) is 16.9. The first-order chi connectivity index (χ1) is 14.4. The molecule has 1 saturated heterocycles. The molecule has 1 atom stereocenters. The van der Waals surface area contributed by atoms with E-state index in [1.165, 1.54) is 20.6 Å². The van der Waals surface area contributed by atoms with E-state index < -0.39 is 5.41 Å². The van der Waals surface area contributed by atoms with E-state index in [0.717, 1.165) is 17.7 Å². The van der Waals surface area contributed by atoms with Crippen molar-refractivity contribution in [2.75, 3.05) is 18.5 Å². The normalized spacial score (nSPS) is 19.0. The van der Waals surface area contributed by atoms with Gasteiger partial charge >= 0.3 is 0 Å². The predicted molar refractivity (Wildman–Crippen MR) is 118 cm³/mol. The number of ether oxygens (including phenoxy) is 1. The van der Waals surface area contributed by atoms with Crippen LogP contribution in [0, 0.1) is 5.41 Å². The Labute approximate surface area is 183 Å². The molecule has 0 radical (unpaired) electrons. The van der Waals surface area contributed by atoms with Crippen LogP contribution >= 0.6 is 22.9 Å². The number of aryl methyl sites for hydroxylation is 1. The lowest BCUT2D eigenvalue weighted by Crippen LogP contribution is -2.40. The first-order valence-corrected chi connectivity index (χ1v) is 10.9. The third-order valence-electron chi connectivity index (χ3n) is 5.33. The summed E-state index contributed by atoms with van der Waals surface area (Å²) in [5.74, 6) is 0.394. The summed E-state index contributed by atoms with van der Waals surface area (Å²) in [6.07, 6.45) is 3.24. The highest BCUT2D eigenvalue weighted by Gasteiger charge is 2.38. The van der Waals surface area contributed by atoms with Gasteiger partial charge in [0.1, 0.15) is 11.5 Å². The first-order valence-electron chi connectivity index (χ1n) is 9.74. The number of hydrogen-bond acceptors (Lipinski definition) is 6. The third-order valence-corrected chi connectivity index (χ3v) is 6.56. The van der Waals surface area contributed by atoms with Crippen LogP contribution in [0.5, 0.6) is 0 Å². The number of nitrogens with zero attached hydrogens (tertiary/aromatic N) is 3. The molecule has 0 aromatic carbocycles. The second-order valence-corrected chi connectivity index (χ2v) is 9.55. The molecule has 7 nitrogen and oxygen atoms in total. The Morgan fingerprint density at radius 2 is 2.23 bits per heavy atom. The minimum atomic E-state index is -0.661.